The van der Waals surface area contributed by atoms with E-state index in [0.717, 1.165) is 0 Å². The van der Waals surface area contributed by atoms with Gasteiger partial charge in [-0.25, -0.2) is 9.37 Å². The summed E-state index contributed by atoms with van der Waals surface area (Å²) in [7, 11) is 3.54. The minimum atomic E-state index is -0.616. The number of aromatic amines is 1. The molecule has 0 saturated heterocycles. The van der Waals surface area contributed by atoms with Crippen LogP contribution in [-0.2, 0) is 17.9 Å². The van der Waals surface area contributed by atoms with Gasteiger partial charge >= 0.3 is 0 Å². The quantitative estimate of drug-likeness (QED) is 0.923. The number of carbonyl (C=O) groups excluding carboxylic acids is 1. The molecule has 6 nitrogen and oxygen atoms in total. The first-order valence-corrected chi connectivity index (χ1v) is 7.66. The van der Waals surface area contributed by atoms with Crippen molar-refractivity contribution in [1.82, 2.24) is 19.8 Å². The van der Waals surface area contributed by atoms with E-state index in [0.29, 0.717) is 29.2 Å². The Morgan fingerprint density at radius 1 is 1.38 bits per heavy atom. The molecule has 0 fully saturated rings. The van der Waals surface area contributed by atoms with Crippen molar-refractivity contribution in [3.63, 3.8) is 0 Å². The second kappa shape index (κ2) is 6.16. The molecule has 7 heteroatoms. The van der Waals surface area contributed by atoms with Crippen molar-refractivity contribution in [1.29, 1.82) is 0 Å². The summed E-state index contributed by atoms with van der Waals surface area (Å²) in [6.07, 6.45) is 0. The van der Waals surface area contributed by atoms with E-state index in [-0.39, 0.29) is 23.8 Å². The van der Waals surface area contributed by atoms with Crippen LogP contribution in [0.15, 0.2) is 29.1 Å². The second-order valence-electron chi connectivity index (χ2n) is 6.19. The molecule has 24 heavy (non-hydrogen) atoms. The molecule has 1 amide bonds. The summed E-state index contributed by atoms with van der Waals surface area (Å²) in [6, 6.07) is 5.40. The molecule has 0 spiro atoms. The number of benzene rings is 1. The maximum atomic E-state index is 13.5. The van der Waals surface area contributed by atoms with Gasteiger partial charge in [-0.3, -0.25) is 14.5 Å². The Bertz CT molecular complexity index is 847. The summed E-state index contributed by atoms with van der Waals surface area (Å²) in [5, 5.41) is 0. The normalized spacial score (nSPS) is 14.8. The van der Waals surface area contributed by atoms with Gasteiger partial charge in [0.25, 0.3) is 5.56 Å². The highest BCUT2D eigenvalue weighted by Crippen LogP contribution is 2.26. The van der Waals surface area contributed by atoms with Gasteiger partial charge in [0.2, 0.25) is 5.91 Å². The number of hydrogen-bond acceptors (Lipinski definition) is 4. The predicted molar refractivity (Wildman–Crippen MR) is 86.7 cm³/mol. The maximum absolute atomic E-state index is 13.5. The molecule has 0 aliphatic carbocycles. The Balaban J connectivity index is 1.90. The molecule has 1 N–H and O–H groups in total. The largest absolute Gasteiger partial charge is 0.331 e. The summed E-state index contributed by atoms with van der Waals surface area (Å²) in [4.78, 5) is 35.3. The zero-order chi connectivity index (χ0) is 17.4. The van der Waals surface area contributed by atoms with Crippen molar-refractivity contribution in [2.45, 2.75) is 26.1 Å². The number of aryl methyl sites for hydroxylation is 1. The third-order valence-corrected chi connectivity index (χ3v) is 4.14. The van der Waals surface area contributed by atoms with E-state index in [1.54, 1.807) is 43.0 Å². The second-order valence-corrected chi connectivity index (χ2v) is 6.19. The molecule has 1 aliphatic rings. The van der Waals surface area contributed by atoms with Gasteiger partial charge in [-0.2, -0.15) is 0 Å². The summed E-state index contributed by atoms with van der Waals surface area (Å²) in [6.45, 7) is 2.22. The first-order valence-electron chi connectivity index (χ1n) is 7.66. The minimum absolute atomic E-state index is 0.180. The number of nitrogens with one attached hydrogen (secondary N) is 1. The molecule has 0 unspecified atom stereocenters. The molecule has 3 rings (SSSR count). The number of rotatable bonds is 3. The lowest BCUT2D eigenvalue weighted by atomic mass is 10.0. The molecule has 1 aromatic carbocycles. The van der Waals surface area contributed by atoms with Crippen molar-refractivity contribution in [2.24, 2.45) is 0 Å². The summed E-state index contributed by atoms with van der Waals surface area (Å²) in [5.41, 5.74) is 1.52. The fourth-order valence-electron chi connectivity index (χ4n) is 3.06. The van der Waals surface area contributed by atoms with Gasteiger partial charge in [0.1, 0.15) is 17.7 Å². The number of nitrogens with zero attached hydrogens (tertiary/aromatic N) is 3. The molecular weight excluding hydrogens is 311 g/mol. The first-order chi connectivity index (χ1) is 11.4. The highest BCUT2D eigenvalue weighted by Gasteiger charge is 2.33. The fraction of sp³-hybridized carbons (Fsp3) is 0.353. The van der Waals surface area contributed by atoms with Crippen LogP contribution >= 0.6 is 0 Å². The minimum Gasteiger partial charge on any atom is -0.331 e. The van der Waals surface area contributed by atoms with Crippen LogP contribution in [0.2, 0.25) is 0 Å². The van der Waals surface area contributed by atoms with Crippen LogP contribution in [0, 0.1) is 12.7 Å². The van der Waals surface area contributed by atoms with Crippen LogP contribution in [-0.4, -0.2) is 39.8 Å². The number of carbonyl (C=O) groups is 1. The van der Waals surface area contributed by atoms with E-state index in [9.17, 15) is 14.0 Å². The number of amides is 1. The van der Waals surface area contributed by atoms with Crippen molar-refractivity contribution in [3.8, 4) is 0 Å². The van der Waals surface area contributed by atoms with E-state index < -0.39 is 6.04 Å². The van der Waals surface area contributed by atoms with Gasteiger partial charge in [-0.05, 0) is 38.7 Å². The summed E-state index contributed by atoms with van der Waals surface area (Å²) < 4.78 is 13.5. The van der Waals surface area contributed by atoms with Crippen molar-refractivity contribution in [3.05, 3.63) is 63.1 Å². The summed E-state index contributed by atoms with van der Waals surface area (Å²) in [5.74, 6) is -0.0337. The highest BCUT2D eigenvalue weighted by molar-refractivity contribution is 5.83. The van der Waals surface area contributed by atoms with Crippen LogP contribution in [0.3, 0.4) is 0 Å². The molecule has 126 valence electrons. The zero-order valence-electron chi connectivity index (χ0n) is 13.8. The first kappa shape index (κ1) is 16.3. The average molecular weight is 330 g/mol. The Hall–Kier alpha value is -2.54. The number of halogens is 1. The predicted octanol–water partition coefficient (Wildman–Crippen LogP) is 1.36. The third kappa shape index (κ3) is 2.94. The molecular formula is C17H19FN4O2. The molecule has 1 aliphatic heterocycles. The highest BCUT2D eigenvalue weighted by atomic mass is 19.1. The van der Waals surface area contributed by atoms with Crippen LogP contribution < -0.4 is 5.56 Å². The van der Waals surface area contributed by atoms with Crippen molar-refractivity contribution in [2.75, 3.05) is 14.1 Å². The van der Waals surface area contributed by atoms with E-state index in [4.69, 9.17) is 0 Å². The Labute approximate surface area is 138 Å². The monoisotopic (exact) mass is 330 g/mol. The van der Waals surface area contributed by atoms with E-state index in [1.165, 1.54) is 12.1 Å². The fourth-order valence-corrected chi connectivity index (χ4v) is 3.06. The SMILES string of the molecule is Cc1nc2c(c(=O)[nH]1)CN(C(=O)[C@H](c1cccc(F)c1)N(C)C)C2. The van der Waals surface area contributed by atoms with Crippen LogP contribution in [0.4, 0.5) is 4.39 Å². The molecule has 0 radical (unpaired) electrons. The summed E-state index contributed by atoms with van der Waals surface area (Å²) >= 11 is 0. The Morgan fingerprint density at radius 3 is 2.79 bits per heavy atom. The number of fused-ring (bicyclic) bond motifs is 1. The van der Waals surface area contributed by atoms with E-state index >= 15 is 0 Å². The van der Waals surface area contributed by atoms with E-state index in [2.05, 4.69) is 9.97 Å². The standard InChI is InChI=1S/C17H19FN4O2/c1-10-19-14-9-22(8-13(14)16(23)20-10)17(24)15(21(2)3)11-5-4-6-12(18)7-11/h4-7,15H,8-9H2,1-3H3,(H,19,20,23)/t15-/m0/s1. The molecule has 0 saturated carbocycles. The topological polar surface area (TPSA) is 69.3 Å². The van der Waals surface area contributed by atoms with Gasteiger partial charge in [0, 0.05) is 0 Å². The number of aromatic nitrogens is 2. The van der Waals surface area contributed by atoms with Gasteiger partial charge in [-0.15, -0.1) is 0 Å². The number of hydrogen-bond donors (Lipinski definition) is 1. The third-order valence-electron chi connectivity index (χ3n) is 4.14. The smallest absolute Gasteiger partial charge is 0.256 e. The van der Waals surface area contributed by atoms with Crippen molar-refractivity contribution < 1.29 is 9.18 Å². The molecule has 2 aromatic rings. The van der Waals surface area contributed by atoms with Gasteiger partial charge in [0.05, 0.1) is 24.3 Å². The average Bonchev–Trinajstić information content (AvgIpc) is 2.91. The number of likely N-dealkylation sites (N-methyl/N-ethyl adjacent to an activating group) is 1. The van der Waals surface area contributed by atoms with Gasteiger partial charge < -0.3 is 9.88 Å². The lowest BCUT2D eigenvalue weighted by Gasteiger charge is -2.28. The van der Waals surface area contributed by atoms with E-state index in [1.807, 2.05) is 0 Å². The van der Waals surface area contributed by atoms with Gasteiger partial charge in [0.15, 0.2) is 0 Å². The lowest BCUT2D eigenvalue weighted by Crippen LogP contribution is -2.38. The molecule has 1 aromatic heterocycles. The van der Waals surface area contributed by atoms with Gasteiger partial charge in [-0.1, -0.05) is 12.1 Å². The molecule has 0 bridgehead atoms. The Kier molecular flexibility index (Phi) is 4.19. The zero-order valence-corrected chi connectivity index (χ0v) is 13.8. The van der Waals surface area contributed by atoms with Crippen LogP contribution in [0.25, 0.3) is 0 Å². The Morgan fingerprint density at radius 2 is 2.12 bits per heavy atom. The number of H-pyrrole nitrogens is 1. The van der Waals surface area contributed by atoms with Crippen LogP contribution in [0.1, 0.15) is 28.7 Å². The van der Waals surface area contributed by atoms with Crippen molar-refractivity contribution >= 4 is 5.91 Å². The van der Waals surface area contributed by atoms with Crippen LogP contribution in [0.5, 0.6) is 0 Å². The maximum Gasteiger partial charge on any atom is 0.256 e. The molecule has 1 atom stereocenters. The molecule has 2 heterocycles. The lowest BCUT2D eigenvalue weighted by molar-refractivity contribution is -0.137.